The van der Waals surface area contributed by atoms with Gasteiger partial charge in [0.1, 0.15) is 5.75 Å². The highest BCUT2D eigenvalue weighted by Crippen LogP contribution is 2.64. The third-order valence-corrected chi connectivity index (χ3v) is 11.1. The molecule has 1 aromatic rings. The summed E-state index contributed by atoms with van der Waals surface area (Å²) in [4.78, 5) is 0. The first-order chi connectivity index (χ1) is 16.3. The van der Waals surface area contributed by atoms with Crippen LogP contribution in [0.15, 0.2) is 30.4 Å². The SMILES string of the molecule is CC1(C)OC23CCC1C(N)C2C#CC1C=CC(c2ccc(O)cc21)C1CC3CC2(CCCC2)C1. The van der Waals surface area contributed by atoms with E-state index in [-0.39, 0.29) is 29.1 Å². The number of phenolic OH excluding ortho intramolecular Hbond substituents is 1. The largest absolute Gasteiger partial charge is 0.508 e. The molecule has 3 heteroatoms. The third-order valence-electron chi connectivity index (χ3n) is 11.1. The van der Waals surface area contributed by atoms with Crippen molar-refractivity contribution in [3.63, 3.8) is 0 Å². The Morgan fingerprint density at radius 2 is 1.85 bits per heavy atom. The maximum Gasteiger partial charge on any atom is 0.115 e. The van der Waals surface area contributed by atoms with Gasteiger partial charge in [-0.3, -0.25) is 0 Å². The highest BCUT2D eigenvalue weighted by Gasteiger charge is 2.64. The van der Waals surface area contributed by atoms with Gasteiger partial charge in [-0.1, -0.05) is 42.9 Å². The molecule has 7 aliphatic rings. The van der Waals surface area contributed by atoms with Crippen LogP contribution in [0.3, 0.4) is 0 Å². The normalized spacial score (nSPS) is 44.6. The highest BCUT2D eigenvalue weighted by atomic mass is 16.5. The summed E-state index contributed by atoms with van der Waals surface area (Å²) >= 11 is 0. The molecule has 3 nitrogen and oxygen atoms in total. The monoisotopic (exact) mass is 457 g/mol. The van der Waals surface area contributed by atoms with E-state index >= 15 is 0 Å². The summed E-state index contributed by atoms with van der Waals surface area (Å²) in [6.07, 6.45) is 16.3. The lowest BCUT2D eigenvalue weighted by Crippen LogP contribution is -2.71. The third kappa shape index (κ3) is 2.91. The number of hydrogen-bond acceptors (Lipinski definition) is 3. The minimum Gasteiger partial charge on any atom is -0.508 e. The molecule has 0 radical (unpaired) electrons. The number of allylic oxidation sites excluding steroid dienone is 2. The Kier molecular flexibility index (Phi) is 4.52. The molecule has 8 rings (SSSR count). The van der Waals surface area contributed by atoms with Crippen molar-refractivity contribution in [3.8, 4) is 17.6 Å². The predicted octanol–water partition coefficient (Wildman–Crippen LogP) is 6.02. The van der Waals surface area contributed by atoms with Crippen molar-refractivity contribution in [2.45, 2.75) is 101 Å². The summed E-state index contributed by atoms with van der Waals surface area (Å²) in [6, 6.07) is 6.09. The molecule has 5 fully saturated rings. The van der Waals surface area contributed by atoms with Crippen LogP contribution in [0.5, 0.6) is 5.75 Å². The van der Waals surface area contributed by atoms with Gasteiger partial charge in [-0.25, -0.2) is 0 Å². The molecule has 8 unspecified atom stereocenters. The second-order valence-electron chi connectivity index (χ2n) is 13.2. The van der Waals surface area contributed by atoms with Crippen molar-refractivity contribution in [1.82, 2.24) is 0 Å². The van der Waals surface area contributed by atoms with E-state index in [4.69, 9.17) is 10.5 Å². The van der Waals surface area contributed by atoms with Crippen LogP contribution < -0.4 is 5.73 Å². The number of nitrogens with two attached hydrogens (primary N) is 1. The standard InChI is InChI=1S/C31H39NO2/c1-29(2)26-11-14-31(34-29)21-15-20(17-30(18-21)12-3-4-13-30)23-8-5-19(6-10-27(31)28(26)32)25-16-22(33)7-9-24(23)25/h5,7-9,16,19-21,23,26-28,33H,3-4,11-15,17-18,32H2,1-2H3. The number of ether oxygens (including phenoxy) is 1. The maximum absolute atomic E-state index is 10.4. The molecule has 2 aliphatic heterocycles. The predicted molar refractivity (Wildman–Crippen MR) is 134 cm³/mol. The van der Waals surface area contributed by atoms with E-state index in [9.17, 15) is 5.11 Å². The second-order valence-corrected chi connectivity index (χ2v) is 13.2. The summed E-state index contributed by atoms with van der Waals surface area (Å²) in [6.45, 7) is 4.56. The van der Waals surface area contributed by atoms with Gasteiger partial charge in [-0.2, -0.15) is 0 Å². The Bertz CT molecular complexity index is 1100. The van der Waals surface area contributed by atoms with E-state index in [0.717, 1.165) is 6.42 Å². The number of rotatable bonds is 0. The van der Waals surface area contributed by atoms with Gasteiger partial charge in [0.15, 0.2) is 0 Å². The topological polar surface area (TPSA) is 55.5 Å². The summed E-state index contributed by atoms with van der Waals surface area (Å²) in [7, 11) is 0. The van der Waals surface area contributed by atoms with Gasteiger partial charge < -0.3 is 15.6 Å². The second kappa shape index (κ2) is 7.14. The average Bonchev–Trinajstić information content (AvgIpc) is 3.23. The molecule has 0 amide bonds. The number of phenols is 1. The summed E-state index contributed by atoms with van der Waals surface area (Å²) < 4.78 is 7.24. The first-order valence-corrected chi connectivity index (χ1v) is 13.8. The molecule has 2 heterocycles. The zero-order valence-electron chi connectivity index (χ0n) is 20.7. The molecule has 3 saturated carbocycles. The van der Waals surface area contributed by atoms with E-state index in [2.05, 4.69) is 43.9 Å². The van der Waals surface area contributed by atoms with Crippen LogP contribution >= 0.6 is 0 Å². The van der Waals surface area contributed by atoms with Gasteiger partial charge in [0.2, 0.25) is 0 Å². The van der Waals surface area contributed by atoms with Crippen LogP contribution in [0.2, 0.25) is 0 Å². The zero-order valence-corrected chi connectivity index (χ0v) is 20.7. The average molecular weight is 458 g/mol. The molecular weight excluding hydrogens is 418 g/mol. The molecule has 0 aromatic heterocycles. The Balaban J connectivity index is 1.43. The molecule has 2 saturated heterocycles. The number of aromatic hydroxyl groups is 1. The first kappa shape index (κ1) is 21.5. The first-order valence-electron chi connectivity index (χ1n) is 13.8. The minimum absolute atomic E-state index is 0.0226. The van der Waals surface area contributed by atoms with Gasteiger partial charge in [0.25, 0.3) is 0 Å². The van der Waals surface area contributed by atoms with Crippen LogP contribution in [0.1, 0.15) is 94.6 Å². The Morgan fingerprint density at radius 3 is 2.65 bits per heavy atom. The summed E-state index contributed by atoms with van der Waals surface area (Å²) in [5.41, 5.74) is 9.71. The smallest absolute Gasteiger partial charge is 0.115 e. The summed E-state index contributed by atoms with van der Waals surface area (Å²) in [5.74, 6) is 9.77. The molecule has 34 heavy (non-hydrogen) atoms. The molecule has 180 valence electrons. The van der Waals surface area contributed by atoms with E-state index < -0.39 is 0 Å². The maximum atomic E-state index is 10.4. The number of fused-ring (bicyclic) bond motifs is 10. The van der Waals surface area contributed by atoms with E-state index in [0.29, 0.717) is 34.8 Å². The number of benzene rings is 1. The lowest BCUT2D eigenvalue weighted by Gasteiger charge is -2.65. The number of hydrogen-bond donors (Lipinski definition) is 2. The lowest BCUT2D eigenvalue weighted by atomic mass is 9.50. The van der Waals surface area contributed by atoms with Crippen LogP contribution in [0.4, 0.5) is 0 Å². The fourth-order valence-electron chi connectivity index (χ4n) is 9.70. The Hall–Kier alpha value is -1.76. The molecule has 1 aromatic carbocycles. The lowest BCUT2D eigenvalue weighted by molar-refractivity contribution is -0.289. The fraction of sp³-hybridized carbons (Fsp3) is 0.677. The zero-order chi connectivity index (χ0) is 23.3. The van der Waals surface area contributed by atoms with Gasteiger partial charge in [-0.05, 0) is 99.3 Å². The van der Waals surface area contributed by atoms with E-state index in [1.165, 1.54) is 62.5 Å². The minimum atomic E-state index is -0.225. The van der Waals surface area contributed by atoms with Gasteiger partial charge >= 0.3 is 0 Å². The van der Waals surface area contributed by atoms with Crippen molar-refractivity contribution in [2.75, 3.05) is 0 Å². The van der Waals surface area contributed by atoms with Gasteiger partial charge in [0.05, 0.1) is 23.0 Å². The van der Waals surface area contributed by atoms with E-state index in [1.54, 1.807) is 0 Å². The Morgan fingerprint density at radius 1 is 1.03 bits per heavy atom. The fourth-order valence-corrected chi connectivity index (χ4v) is 9.70. The van der Waals surface area contributed by atoms with Crippen molar-refractivity contribution < 1.29 is 9.84 Å². The van der Waals surface area contributed by atoms with Gasteiger partial charge in [0, 0.05) is 17.9 Å². The molecule has 6 bridgehead atoms. The van der Waals surface area contributed by atoms with Gasteiger partial charge in [-0.15, -0.1) is 0 Å². The van der Waals surface area contributed by atoms with Crippen molar-refractivity contribution in [1.29, 1.82) is 0 Å². The van der Waals surface area contributed by atoms with Crippen molar-refractivity contribution in [2.24, 2.45) is 34.8 Å². The van der Waals surface area contributed by atoms with E-state index in [1.807, 2.05) is 12.1 Å². The Labute approximate surface area is 204 Å². The molecule has 5 aliphatic carbocycles. The van der Waals surface area contributed by atoms with Crippen molar-refractivity contribution >= 4 is 0 Å². The highest BCUT2D eigenvalue weighted by molar-refractivity contribution is 5.50. The molecule has 8 atom stereocenters. The molecule has 3 N–H and O–H groups in total. The van der Waals surface area contributed by atoms with Crippen LogP contribution in [-0.4, -0.2) is 22.4 Å². The molecule has 2 spiro atoms. The summed E-state index contributed by atoms with van der Waals surface area (Å²) in [5, 5.41) is 10.4. The van der Waals surface area contributed by atoms with Crippen LogP contribution in [-0.2, 0) is 4.74 Å². The van der Waals surface area contributed by atoms with Crippen molar-refractivity contribution in [3.05, 3.63) is 41.5 Å². The molecular formula is C31H39NO2. The van der Waals surface area contributed by atoms with Crippen LogP contribution in [0, 0.1) is 40.9 Å². The quantitative estimate of drug-likeness (QED) is 0.370. The van der Waals surface area contributed by atoms with Crippen LogP contribution in [0.25, 0.3) is 0 Å².